The normalized spacial score (nSPS) is 13.8. The van der Waals surface area contributed by atoms with Crippen molar-refractivity contribution in [3.63, 3.8) is 0 Å². The molecule has 4 aromatic rings. The smallest absolute Gasteiger partial charge is 0.475 e. The Hall–Kier alpha value is -4.59. The number of likely N-dealkylation sites (N-methyl/N-ethyl adjacent to an activating group) is 1. The summed E-state index contributed by atoms with van der Waals surface area (Å²) >= 11 is 0. The second-order valence-electron chi connectivity index (χ2n) is 9.48. The lowest BCUT2D eigenvalue weighted by molar-refractivity contribution is -0.192. The molecule has 2 N–H and O–H groups in total. The van der Waals surface area contributed by atoms with E-state index in [0.717, 1.165) is 67.0 Å². The monoisotopic (exact) mass is 586 g/mol. The van der Waals surface area contributed by atoms with E-state index in [1.54, 1.807) is 23.0 Å². The van der Waals surface area contributed by atoms with E-state index in [9.17, 15) is 17.6 Å². The summed E-state index contributed by atoms with van der Waals surface area (Å²) in [5.74, 6) is -1.00. The molecule has 5 rings (SSSR count). The number of hydrogen-bond donors (Lipinski definition) is 2. The number of anilines is 3. The summed E-state index contributed by atoms with van der Waals surface area (Å²) in [5.41, 5.74) is 4.05. The third-order valence-electron chi connectivity index (χ3n) is 6.50. The van der Waals surface area contributed by atoms with E-state index >= 15 is 0 Å². The van der Waals surface area contributed by atoms with E-state index in [4.69, 9.17) is 9.90 Å². The van der Waals surface area contributed by atoms with E-state index < -0.39 is 12.1 Å². The van der Waals surface area contributed by atoms with Crippen molar-refractivity contribution in [2.24, 2.45) is 0 Å². The summed E-state index contributed by atoms with van der Waals surface area (Å²) in [6.45, 7) is 10.8. The number of benzene rings is 2. The van der Waals surface area contributed by atoms with Gasteiger partial charge in [0.05, 0.1) is 11.4 Å². The first-order valence-corrected chi connectivity index (χ1v) is 13.1. The molecule has 0 unspecified atom stereocenters. The van der Waals surface area contributed by atoms with Crippen LogP contribution >= 0.6 is 0 Å². The van der Waals surface area contributed by atoms with Gasteiger partial charge in [-0.2, -0.15) is 18.3 Å². The van der Waals surface area contributed by atoms with Crippen LogP contribution in [0.1, 0.15) is 18.6 Å². The maximum Gasteiger partial charge on any atom is 0.490 e. The lowest BCUT2D eigenvalue weighted by atomic mass is 10.1. The average Bonchev–Trinajstić information content (AvgIpc) is 3.30. The lowest BCUT2D eigenvalue weighted by Crippen LogP contribution is -2.46. The Bertz CT molecular complexity index is 1520. The number of piperazine rings is 1. The quantitative estimate of drug-likeness (QED) is 0.302. The second-order valence-corrected chi connectivity index (χ2v) is 9.48. The minimum Gasteiger partial charge on any atom is -0.475 e. The number of nitrogens with one attached hydrogen (secondary N) is 1. The van der Waals surface area contributed by atoms with Crippen molar-refractivity contribution in [1.82, 2.24) is 29.6 Å². The van der Waals surface area contributed by atoms with E-state index in [1.807, 2.05) is 44.2 Å². The van der Waals surface area contributed by atoms with Crippen LogP contribution in [0.3, 0.4) is 0 Å². The molecule has 0 aliphatic carbocycles. The van der Waals surface area contributed by atoms with Gasteiger partial charge in [0.1, 0.15) is 17.5 Å². The molecule has 3 heterocycles. The van der Waals surface area contributed by atoms with E-state index in [-0.39, 0.29) is 5.82 Å². The highest BCUT2D eigenvalue weighted by Gasteiger charge is 2.38. The molecular formula is C28H30F4N8O2. The van der Waals surface area contributed by atoms with Gasteiger partial charge in [-0.1, -0.05) is 6.92 Å². The number of rotatable bonds is 6. The first-order chi connectivity index (χ1) is 19.9. The molecule has 2 aromatic heterocycles. The molecule has 1 aliphatic rings. The maximum absolute atomic E-state index is 14.6. The summed E-state index contributed by atoms with van der Waals surface area (Å²) in [5, 5.41) is 14.8. The Balaban J connectivity index is 0.000000517. The lowest BCUT2D eigenvalue weighted by Gasteiger charge is -2.35. The second kappa shape index (κ2) is 12.9. The van der Waals surface area contributed by atoms with Gasteiger partial charge in [0, 0.05) is 49.3 Å². The summed E-state index contributed by atoms with van der Waals surface area (Å²) in [7, 11) is 0. The number of aliphatic carboxylic acids is 1. The van der Waals surface area contributed by atoms with Crippen LogP contribution in [0.25, 0.3) is 16.9 Å². The topological polar surface area (TPSA) is 112 Å². The van der Waals surface area contributed by atoms with Gasteiger partial charge in [-0.15, -0.1) is 0 Å². The first kappa shape index (κ1) is 30.4. The summed E-state index contributed by atoms with van der Waals surface area (Å²) in [4.78, 5) is 26.9. The molecular weight excluding hydrogens is 556 g/mol. The third-order valence-corrected chi connectivity index (χ3v) is 6.50. The summed E-state index contributed by atoms with van der Waals surface area (Å²) in [6, 6.07) is 14.7. The molecule has 0 atom stereocenters. The van der Waals surface area contributed by atoms with Gasteiger partial charge in [-0.25, -0.2) is 28.8 Å². The molecule has 0 radical (unpaired) electrons. The average molecular weight is 587 g/mol. The molecule has 222 valence electrons. The Morgan fingerprint density at radius 3 is 2.21 bits per heavy atom. The Kier molecular flexibility index (Phi) is 9.35. The maximum atomic E-state index is 14.6. The van der Waals surface area contributed by atoms with Crippen LogP contribution in [-0.2, 0) is 4.79 Å². The zero-order chi connectivity index (χ0) is 30.4. The fourth-order valence-electron chi connectivity index (χ4n) is 4.39. The zero-order valence-electron chi connectivity index (χ0n) is 23.2. The highest BCUT2D eigenvalue weighted by molar-refractivity contribution is 5.73. The van der Waals surface area contributed by atoms with Crippen LogP contribution < -0.4 is 10.2 Å². The van der Waals surface area contributed by atoms with Crippen LogP contribution in [0.5, 0.6) is 0 Å². The molecule has 14 heteroatoms. The van der Waals surface area contributed by atoms with Crippen LogP contribution in [0.4, 0.5) is 34.9 Å². The molecule has 1 fully saturated rings. The van der Waals surface area contributed by atoms with Crippen LogP contribution in [0, 0.1) is 19.7 Å². The Morgan fingerprint density at radius 1 is 0.976 bits per heavy atom. The van der Waals surface area contributed by atoms with Crippen molar-refractivity contribution in [2.75, 3.05) is 42.9 Å². The number of nitrogens with zero attached hydrogens (tertiary/aromatic N) is 7. The predicted molar refractivity (Wildman–Crippen MR) is 150 cm³/mol. The first-order valence-electron chi connectivity index (χ1n) is 13.1. The summed E-state index contributed by atoms with van der Waals surface area (Å²) in [6.07, 6.45) is -3.40. The molecule has 1 aliphatic heterocycles. The highest BCUT2D eigenvalue weighted by Crippen LogP contribution is 2.27. The Morgan fingerprint density at radius 2 is 1.64 bits per heavy atom. The summed E-state index contributed by atoms with van der Waals surface area (Å²) < 4.78 is 48.1. The van der Waals surface area contributed by atoms with Crippen molar-refractivity contribution in [3.8, 4) is 16.9 Å². The molecule has 0 bridgehead atoms. The van der Waals surface area contributed by atoms with Gasteiger partial charge in [-0.3, -0.25) is 0 Å². The molecule has 2 aromatic carbocycles. The number of carboxylic acid groups (broad SMARTS) is 1. The third kappa shape index (κ3) is 7.78. The molecule has 1 saturated heterocycles. The van der Waals surface area contributed by atoms with Gasteiger partial charge in [0.15, 0.2) is 0 Å². The van der Waals surface area contributed by atoms with Crippen molar-refractivity contribution in [2.45, 2.75) is 26.9 Å². The van der Waals surface area contributed by atoms with Crippen molar-refractivity contribution >= 4 is 23.3 Å². The molecule has 0 spiro atoms. The number of aromatic nitrogens is 5. The number of carboxylic acids is 1. The van der Waals surface area contributed by atoms with Gasteiger partial charge < -0.3 is 20.2 Å². The molecule has 0 saturated carbocycles. The SMILES string of the molecule is CCN1CCN(c2cc(F)cc(-c3ccnc(Nc4ccc(-n5nc(C)nc5C)cc4)n3)c2)CC1.O=C(O)C(F)(F)F. The highest BCUT2D eigenvalue weighted by atomic mass is 19.4. The number of halogens is 4. The Labute approximate surface area is 239 Å². The fraction of sp³-hybridized carbons (Fsp3) is 0.321. The minimum absolute atomic E-state index is 0.266. The number of alkyl halides is 3. The van der Waals surface area contributed by atoms with Crippen molar-refractivity contribution in [3.05, 3.63) is 72.2 Å². The van der Waals surface area contributed by atoms with Gasteiger partial charge in [-0.05, 0) is 68.9 Å². The van der Waals surface area contributed by atoms with E-state index in [1.165, 1.54) is 6.07 Å². The molecule has 10 nitrogen and oxygen atoms in total. The number of carbonyl (C=O) groups is 1. The van der Waals surface area contributed by atoms with Gasteiger partial charge in [0.2, 0.25) is 5.95 Å². The zero-order valence-corrected chi connectivity index (χ0v) is 23.2. The van der Waals surface area contributed by atoms with E-state index in [0.29, 0.717) is 11.6 Å². The number of hydrogen-bond acceptors (Lipinski definition) is 8. The molecule has 42 heavy (non-hydrogen) atoms. The van der Waals surface area contributed by atoms with Crippen LogP contribution in [0.15, 0.2) is 54.7 Å². The van der Waals surface area contributed by atoms with Crippen molar-refractivity contribution in [1.29, 1.82) is 0 Å². The van der Waals surface area contributed by atoms with Crippen molar-refractivity contribution < 1.29 is 27.5 Å². The van der Waals surface area contributed by atoms with E-state index in [2.05, 4.69) is 42.1 Å². The fourth-order valence-corrected chi connectivity index (χ4v) is 4.39. The molecule has 0 amide bonds. The van der Waals surface area contributed by atoms with Crippen LogP contribution in [-0.4, -0.2) is 79.6 Å². The number of aryl methyl sites for hydroxylation is 2. The largest absolute Gasteiger partial charge is 0.490 e. The van der Waals surface area contributed by atoms with Gasteiger partial charge >= 0.3 is 12.1 Å². The standard InChI is InChI=1S/C26H29FN8.C2HF3O2/c1-4-33-11-13-34(14-12-33)24-16-20(15-21(27)17-24)25-9-10-28-26(31-25)30-22-5-7-23(8-6-22)35-19(3)29-18(2)32-35;3-2(4,5)1(6)7/h5-10,15-17H,4,11-14H2,1-3H3,(H,28,30,31);(H,6,7). The predicted octanol–water partition coefficient (Wildman–Crippen LogP) is 5.00. The van der Waals surface area contributed by atoms with Crippen LogP contribution in [0.2, 0.25) is 0 Å². The minimum atomic E-state index is -5.08. The van der Waals surface area contributed by atoms with Gasteiger partial charge in [0.25, 0.3) is 0 Å².